The summed E-state index contributed by atoms with van der Waals surface area (Å²) in [5, 5.41) is 6.80. The second-order valence-electron chi connectivity index (χ2n) is 7.26. The summed E-state index contributed by atoms with van der Waals surface area (Å²) in [5.41, 5.74) is 5.51. The summed E-state index contributed by atoms with van der Waals surface area (Å²) >= 11 is 1.71. The maximum Gasteiger partial charge on any atom is 0.203 e. The van der Waals surface area contributed by atoms with E-state index in [2.05, 4.69) is 54.0 Å². The van der Waals surface area contributed by atoms with Crippen molar-refractivity contribution in [2.75, 3.05) is 21.3 Å². The summed E-state index contributed by atoms with van der Waals surface area (Å²) in [6.45, 7) is 3.46. The van der Waals surface area contributed by atoms with Crippen molar-refractivity contribution in [3.05, 3.63) is 70.6 Å². The highest BCUT2D eigenvalue weighted by molar-refractivity contribution is 7.13. The van der Waals surface area contributed by atoms with Crippen LogP contribution in [0.3, 0.4) is 0 Å². The van der Waals surface area contributed by atoms with Gasteiger partial charge in [-0.25, -0.2) is 4.98 Å². The van der Waals surface area contributed by atoms with Gasteiger partial charge < -0.3 is 19.5 Å². The highest BCUT2D eigenvalue weighted by Gasteiger charge is 2.14. The summed E-state index contributed by atoms with van der Waals surface area (Å²) in [6, 6.07) is 16.7. The predicted molar refractivity (Wildman–Crippen MR) is 126 cm³/mol. The molecule has 160 valence electrons. The van der Waals surface area contributed by atoms with Gasteiger partial charge in [-0.3, -0.25) is 0 Å². The minimum Gasteiger partial charge on any atom is -0.493 e. The van der Waals surface area contributed by atoms with Crippen LogP contribution in [0.4, 0.5) is 0 Å². The number of rotatable bonds is 8. The van der Waals surface area contributed by atoms with E-state index < -0.39 is 0 Å². The van der Waals surface area contributed by atoms with E-state index in [1.807, 2.05) is 12.1 Å². The molecule has 0 spiro atoms. The number of hydrogen-bond donors (Lipinski definition) is 1. The minimum atomic E-state index is 0.600. The average Bonchev–Trinajstić information content (AvgIpc) is 3.33. The Morgan fingerprint density at radius 3 is 2.32 bits per heavy atom. The molecule has 5 nitrogen and oxygen atoms in total. The number of nitrogens with one attached hydrogen (secondary N) is 1. The summed E-state index contributed by atoms with van der Waals surface area (Å²) < 4.78 is 16.4. The third-order valence-electron chi connectivity index (χ3n) is 5.25. The third kappa shape index (κ3) is 4.36. The van der Waals surface area contributed by atoms with Gasteiger partial charge in [0.05, 0.1) is 37.4 Å². The number of aromatic nitrogens is 1. The summed E-state index contributed by atoms with van der Waals surface area (Å²) in [5.74, 6) is 1.91. The Kier molecular flexibility index (Phi) is 6.39. The zero-order chi connectivity index (χ0) is 21.8. The van der Waals surface area contributed by atoms with Crippen molar-refractivity contribution in [1.29, 1.82) is 0 Å². The number of para-hydroxylation sites is 1. The van der Waals surface area contributed by atoms with Gasteiger partial charge in [0.2, 0.25) is 5.75 Å². The van der Waals surface area contributed by atoms with Gasteiger partial charge in [0.25, 0.3) is 0 Å². The first-order valence-electron chi connectivity index (χ1n) is 10.1. The van der Waals surface area contributed by atoms with E-state index in [0.29, 0.717) is 30.3 Å². The molecule has 4 rings (SSSR count). The standard InChI is InChI=1S/C25H26N2O3S/c1-16-7-5-8-18-13-19(24(27-23(16)18)22-9-6-10-31-22)15-26-14-17-11-20(28-2)25(30-4)21(12-17)29-3/h5-13,26H,14-15H2,1-4H3. The molecule has 31 heavy (non-hydrogen) atoms. The molecule has 0 aliphatic heterocycles. The molecule has 2 aromatic carbocycles. The Bertz CT molecular complexity index is 1160. The van der Waals surface area contributed by atoms with E-state index in [0.717, 1.165) is 22.2 Å². The third-order valence-corrected chi connectivity index (χ3v) is 6.13. The molecule has 2 aromatic heterocycles. The summed E-state index contributed by atoms with van der Waals surface area (Å²) in [4.78, 5) is 6.21. The second-order valence-corrected chi connectivity index (χ2v) is 8.20. The van der Waals surface area contributed by atoms with Crippen LogP contribution >= 0.6 is 11.3 Å². The Morgan fingerprint density at radius 2 is 1.68 bits per heavy atom. The van der Waals surface area contributed by atoms with Crippen LogP contribution in [0.15, 0.2) is 53.9 Å². The Morgan fingerprint density at radius 1 is 0.903 bits per heavy atom. The van der Waals surface area contributed by atoms with Crippen LogP contribution in [-0.4, -0.2) is 26.3 Å². The molecule has 0 amide bonds. The molecule has 0 atom stereocenters. The number of fused-ring (bicyclic) bond motifs is 1. The first-order valence-corrected chi connectivity index (χ1v) is 10.9. The number of pyridine rings is 1. The van der Waals surface area contributed by atoms with Crippen molar-refractivity contribution < 1.29 is 14.2 Å². The van der Waals surface area contributed by atoms with Gasteiger partial charge in [-0.15, -0.1) is 11.3 Å². The fourth-order valence-electron chi connectivity index (χ4n) is 3.73. The zero-order valence-corrected chi connectivity index (χ0v) is 19.0. The number of methoxy groups -OCH3 is 3. The SMILES string of the molecule is COc1cc(CNCc2cc3cccc(C)c3nc2-c2cccs2)cc(OC)c1OC. The summed E-state index contributed by atoms with van der Waals surface area (Å²) in [6.07, 6.45) is 0. The minimum absolute atomic E-state index is 0.600. The van der Waals surface area contributed by atoms with Crippen LogP contribution in [0.1, 0.15) is 16.7 Å². The van der Waals surface area contributed by atoms with Crippen LogP contribution in [0.5, 0.6) is 17.2 Å². The van der Waals surface area contributed by atoms with Crippen LogP contribution in [0.2, 0.25) is 0 Å². The van der Waals surface area contributed by atoms with E-state index in [4.69, 9.17) is 19.2 Å². The van der Waals surface area contributed by atoms with E-state index in [9.17, 15) is 0 Å². The lowest BCUT2D eigenvalue weighted by Crippen LogP contribution is -2.14. The second kappa shape index (κ2) is 9.37. The predicted octanol–water partition coefficient (Wildman–Crippen LogP) is 5.59. The first kappa shape index (κ1) is 21.2. The van der Waals surface area contributed by atoms with Crippen molar-refractivity contribution in [3.63, 3.8) is 0 Å². The highest BCUT2D eigenvalue weighted by atomic mass is 32.1. The lowest BCUT2D eigenvalue weighted by molar-refractivity contribution is 0.323. The number of thiophene rings is 1. The van der Waals surface area contributed by atoms with Gasteiger partial charge in [-0.2, -0.15) is 0 Å². The molecular formula is C25H26N2O3S. The van der Waals surface area contributed by atoms with Crippen molar-refractivity contribution in [3.8, 4) is 27.8 Å². The molecule has 0 saturated carbocycles. The van der Waals surface area contributed by atoms with E-state index >= 15 is 0 Å². The molecule has 6 heteroatoms. The van der Waals surface area contributed by atoms with Crippen LogP contribution in [0, 0.1) is 6.92 Å². The summed E-state index contributed by atoms with van der Waals surface area (Å²) in [7, 11) is 4.87. The van der Waals surface area contributed by atoms with E-state index in [1.165, 1.54) is 16.0 Å². The molecule has 2 heterocycles. The first-order chi connectivity index (χ1) is 15.1. The molecule has 0 fully saturated rings. The van der Waals surface area contributed by atoms with Crippen molar-refractivity contribution >= 4 is 22.2 Å². The van der Waals surface area contributed by atoms with Crippen molar-refractivity contribution in [2.24, 2.45) is 0 Å². The maximum atomic E-state index is 5.47. The van der Waals surface area contributed by atoms with Crippen LogP contribution in [0.25, 0.3) is 21.5 Å². The zero-order valence-electron chi connectivity index (χ0n) is 18.2. The molecule has 0 aliphatic carbocycles. The fourth-order valence-corrected chi connectivity index (χ4v) is 4.48. The molecule has 0 aliphatic rings. The number of benzene rings is 2. The molecule has 4 aromatic rings. The number of aryl methyl sites for hydroxylation is 1. The Hall–Kier alpha value is -3.09. The highest BCUT2D eigenvalue weighted by Crippen LogP contribution is 2.38. The Balaban J connectivity index is 1.62. The number of nitrogens with zero attached hydrogens (tertiary/aromatic N) is 1. The van der Waals surface area contributed by atoms with Crippen LogP contribution < -0.4 is 19.5 Å². The molecular weight excluding hydrogens is 408 g/mol. The quantitative estimate of drug-likeness (QED) is 0.392. The normalized spacial score (nSPS) is 11.0. The largest absolute Gasteiger partial charge is 0.493 e. The fraction of sp³-hybridized carbons (Fsp3) is 0.240. The van der Waals surface area contributed by atoms with Gasteiger partial charge in [-0.1, -0.05) is 24.3 Å². The molecule has 0 radical (unpaired) electrons. The van der Waals surface area contributed by atoms with Gasteiger partial charge in [0.1, 0.15) is 0 Å². The van der Waals surface area contributed by atoms with E-state index in [-0.39, 0.29) is 0 Å². The van der Waals surface area contributed by atoms with Gasteiger partial charge in [0.15, 0.2) is 11.5 Å². The van der Waals surface area contributed by atoms with Crippen LogP contribution in [-0.2, 0) is 13.1 Å². The lowest BCUT2D eigenvalue weighted by Gasteiger charge is -2.15. The maximum absolute atomic E-state index is 5.47. The lowest BCUT2D eigenvalue weighted by atomic mass is 10.1. The molecule has 1 N–H and O–H groups in total. The van der Waals surface area contributed by atoms with Gasteiger partial charge >= 0.3 is 0 Å². The smallest absolute Gasteiger partial charge is 0.203 e. The topological polar surface area (TPSA) is 52.6 Å². The number of ether oxygens (including phenoxy) is 3. The molecule has 0 bridgehead atoms. The van der Waals surface area contributed by atoms with Crippen molar-refractivity contribution in [2.45, 2.75) is 20.0 Å². The Labute approximate surface area is 186 Å². The molecule has 0 saturated heterocycles. The van der Waals surface area contributed by atoms with Gasteiger partial charge in [0, 0.05) is 18.5 Å². The average molecular weight is 435 g/mol. The van der Waals surface area contributed by atoms with E-state index in [1.54, 1.807) is 32.7 Å². The van der Waals surface area contributed by atoms with Gasteiger partial charge in [-0.05, 0) is 53.3 Å². The van der Waals surface area contributed by atoms with Crippen molar-refractivity contribution in [1.82, 2.24) is 10.3 Å². The molecule has 0 unspecified atom stereocenters. The monoisotopic (exact) mass is 434 g/mol. The number of hydrogen-bond acceptors (Lipinski definition) is 6.